The lowest BCUT2D eigenvalue weighted by Gasteiger charge is -2.37. The van der Waals surface area contributed by atoms with Gasteiger partial charge in [0.05, 0.1) is 17.1 Å². The number of hydrogen-bond acceptors (Lipinski definition) is 4. The van der Waals surface area contributed by atoms with Gasteiger partial charge in [0.2, 0.25) is 11.8 Å². The number of hydrogen-bond donors (Lipinski definition) is 1. The molecule has 0 radical (unpaired) electrons. The summed E-state index contributed by atoms with van der Waals surface area (Å²) in [4.78, 5) is 40.1. The Kier molecular flexibility index (Phi) is 5.72. The average molecular weight is 444 g/mol. The molecule has 32 heavy (non-hydrogen) atoms. The normalized spacial score (nSPS) is 19.0. The summed E-state index contributed by atoms with van der Waals surface area (Å²) in [6.45, 7) is 8.97. The van der Waals surface area contributed by atoms with Crippen molar-refractivity contribution in [2.24, 2.45) is 11.7 Å². The van der Waals surface area contributed by atoms with Crippen molar-refractivity contribution in [3.8, 4) is 0 Å². The number of nitro benzene ring substituents is 1. The molecular weight excluding hydrogens is 429 g/mol. The predicted molar refractivity (Wildman–Crippen MR) is 107 cm³/mol. The predicted octanol–water partition coefficient (Wildman–Crippen LogP) is 4.00. The summed E-state index contributed by atoms with van der Waals surface area (Å²) >= 11 is 0. The minimum absolute atomic E-state index is 0.0326. The van der Waals surface area contributed by atoms with Gasteiger partial charge in [-0.25, -0.2) is 4.85 Å². The Morgan fingerprint density at radius 3 is 2.34 bits per heavy atom. The van der Waals surface area contributed by atoms with Crippen molar-refractivity contribution in [3.05, 3.63) is 92.6 Å². The first kappa shape index (κ1) is 22.5. The highest BCUT2D eigenvalue weighted by atomic mass is 19.4. The number of nitro groups is 1. The number of halogens is 3. The van der Waals surface area contributed by atoms with Crippen molar-refractivity contribution in [1.82, 2.24) is 0 Å². The number of allylic oxidation sites excluding steroid dienone is 2. The van der Waals surface area contributed by atoms with E-state index in [4.69, 9.17) is 12.3 Å². The van der Waals surface area contributed by atoms with Gasteiger partial charge < -0.3 is 5.73 Å². The first-order valence-corrected chi connectivity index (χ1v) is 9.10. The zero-order chi connectivity index (χ0) is 23.8. The van der Waals surface area contributed by atoms with Crippen molar-refractivity contribution < 1.29 is 27.7 Å². The van der Waals surface area contributed by atoms with Crippen LogP contribution >= 0.6 is 0 Å². The van der Waals surface area contributed by atoms with Crippen LogP contribution in [0, 0.1) is 22.6 Å². The molecule has 2 N–H and O–H groups in total. The standard InChI is InChI=1S/C21H15F3N4O4/c1-11-18(26-2)16(12-6-8-14(9-7-12)28(31)32)17(19(25)29)20(30)27(11)15-5-3-4-13(10-15)21(22,23)24/h3-10,16-17H,1H3,(H2,25,29). The molecule has 0 fully saturated rings. The van der Waals surface area contributed by atoms with E-state index in [-0.39, 0.29) is 28.3 Å². The van der Waals surface area contributed by atoms with Gasteiger partial charge in [-0.05, 0) is 30.7 Å². The number of rotatable bonds is 4. The second-order valence-electron chi connectivity index (χ2n) is 7.01. The zero-order valence-corrected chi connectivity index (χ0v) is 16.5. The van der Waals surface area contributed by atoms with Crippen molar-refractivity contribution >= 4 is 23.2 Å². The number of amides is 2. The van der Waals surface area contributed by atoms with E-state index in [1.165, 1.54) is 25.1 Å². The lowest BCUT2D eigenvalue weighted by molar-refractivity contribution is -0.384. The number of alkyl halides is 3. The number of non-ortho nitro benzene ring substituents is 1. The van der Waals surface area contributed by atoms with Crippen molar-refractivity contribution in [1.29, 1.82) is 0 Å². The average Bonchev–Trinajstić information content (AvgIpc) is 2.72. The van der Waals surface area contributed by atoms with E-state index in [1.54, 1.807) is 0 Å². The van der Waals surface area contributed by atoms with E-state index >= 15 is 0 Å². The molecule has 0 saturated carbocycles. The number of anilines is 1. The number of nitrogens with zero attached hydrogens (tertiary/aromatic N) is 3. The molecule has 1 aliphatic rings. The largest absolute Gasteiger partial charge is 0.416 e. The van der Waals surface area contributed by atoms with Crippen LogP contribution in [0.15, 0.2) is 59.9 Å². The van der Waals surface area contributed by atoms with Gasteiger partial charge in [0.15, 0.2) is 5.70 Å². The number of benzene rings is 2. The van der Waals surface area contributed by atoms with Gasteiger partial charge in [-0.3, -0.25) is 24.6 Å². The summed E-state index contributed by atoms with van der Waals surface area (Å²) in [5, 5.41) is 10.9. The van der Waals surface area contributed by atoms with Crippen LogP contribution in [-0.4, -0.2) is 16.7 Å². The maximum Gasteiger partial charge on any atom is 0.416 e. The fraction of sp³-hybridized carbons (Fsp3) is 0.190. The molecule has 3 rings (SSSR count). The highest BCUT2D eigenvalue weighted by Gasteiger charge is 2.46. The number of carbonyl (C=O) groups excluding carboxylic acids is 2. The summed E-state index contributed by atoms with van der Waals surface area (Å²) < 4.78 is 39.5. The van der Waals surface area contributed by atoms with Crippen molar-refractivity contribution in [3.63, 3.8) is 0 Å². The Bertz CT molecular complexity index is 1180. The summed E-state index contributed by atoms with van der Waals surface area (Å²) in [7, 11) is 0. The topological polar surface area (TPSA) is 111 Å². The van der Waals surface area contributed by atoms with E-state index in [2.05, 4.69) is 4.85 Å². The van der Waals surface area contributed by atoms with Crippen LogP contribution in [0.4, 0.5) is 24.5 Å². The lowest BCUT2D eigenvalue weighted by Crippen LogP contribution is -2.48. The smallest absolute Gasteiger partial charge is 0.369 e. The summed E-state index contributed by atoms with van der Waals surface area (Å²) in [6, 6.07) is 8.88. The Morgan fingerprint density at radius 2 is 1.84 bits per heavy atom. The van der Waals surface area contributed by atoms with Crippen LogP contribution in [0.3, 0.4) is 0 Å². The van der Waals surface area contributed by atoms with E-state index in [0.29, 0.717) is 0 Å². The van der Waals surface area contributed by atoms with Gasteiger partial charge in [-0.1, -0.05) is 18.2 Å². The van der Waals surface area contributed by atoms with Crippen LogP contribution in [-0.2, 0) is 15.8 Å². The second-order valence-corrected chi connectivity index (χ2v) is 7.01. The molecule has 0 bridgehead atoms. The third-order valence-corrected chi connectivity index (χ3v) is 5.14. The third kappa shape index (κ3) is 3.90. The third-order valence-electron chi connectivity index (χ3n) is 5.14. The molecular formula is C21H15F3N4O4. The highest BCUT2D eigenvalue weighted by molar-refractivity contribution is 6.11. The Morgan fingerprint density at radius 1 is 1.22 bits per heavy atom. The molecule has 0 aromatic heterocycles. The molecule has 2 atom stereocenters. The fourth-order valence-electron chi connectivity index (χ4n) is 3.68. The first-order valence-electron chi connectivity index (χ1n) is 9.10. The molecule has 2 aromatic carbocycles. The van der Waals surface area contributed by atoms with Crippen LogP contribution < -0.4 is 10.6 Å². The molecule has 164 valence electrons. The monoisotopic (exact) mass is 444 g/mol. The van der Waals surface area contributed by atoms with Gasteiger partial charge >= 0.3 is 6.18 Å². The minimum atomic E-state index is -4.67. The minimum Gasteiger partial charge on any atom is -0.369 e. The van der Waals surface area contributed by atoms with Crippen molar-refractivity contribution in [2.45, 2.75) is 19.0 Å². The summed E-state index contributed by atoms with van der Waals surface area (Å²) in [5.74, 6) is -4.71. The molecule has 2 unspecified atom stereocenters. The van der Waals surface area contributed by atoms with E-state index in [9.17, 15) is 32.9 Å². The van der Waals surface area contributed by atoms with Gasteiger partial charge in [0.25, 0.3) is 5.69 Å². The fourth-order valence-corrected chi connectivity index (χ4v) is 3.68. The van der Waals surface area contributed by atoms with E-state index in [0.717, 1.165) is 35.2 Å². The van der Waals surface area contributed by atoms with Crippen LogP contribution in [0.25, 0.3) is 4.85 Å². The maximum absolute atomic E-state index is 13.3. The van der Waals surface area contributed by atoms with Gasteiger partial charge in [-0.15, -0.1) is 0 Å². The zero-order valence-electron chi connectivity index (χ0n) is 16.5. The highest BCUT2D eigenvalue weighted by Crippen LogP contribution is 2.43. The molecule has 8 nitrogen and oxygen atoms in total. The quantitative estimate of drug-likeness (QED) is 0.333. The number of carbonyl (C=O) groups is 2. The van der Waals surface area contributed by atoms with E-state index in [1.807, 2.05) is 0 Å². The number of primary amides is 1. The molecule has 0 spiro atoms. The van der Waals surface area contributed by atoms with Gasteiger partial charge in [0, 0.05) is 29.4 Å². The Labute approximate surface area is 179 Å². The first-order chi connectivity index (χ1) is 15.0. The summed E-state index contributed by atoms with van der Waals surface area (Å²) in [5.41, 5.74) is 4.27. The van der Waals surface area contributed by atoms with Gasteiger partial charge in [-0.2, -0.15) is 13.2 Å². The number of nitrogens with two attached hydrogens (primary N) is 1. The van der Waals surface area contributed by atoms with Crippen LogP contribution in [0.5, 0.6) is 0 Å². The summed E-state index contributed by atoms with van der Waals surface area (Å²) in [6.07, 6.45) is -4.67. The lowest BCUT2D eigenvalue weighted by atomic mass is 9.78. The molecule has 1 aliphatic heterocycles. The Hall–Kier alpha value is -4.20. The van der Waals surface area contributed by atoms with Crippen LogP contribution in [0.2, 0.25) is 0 Å². The van der Waals surface area contributed by atoms with Crippen molar-refractivity contribution in [2.75, 3.05) is 4.90 Å². The Balaban J connectivity index is 2.20. The molecule has 0 aliphatic carbocycles. The van der Waals surface area contributed by atoms with Crippen LogP contribution in [0.1, 0.15) is 24.0 Å². The molecule has 1 heterocycles. The molecule has 0 saturated heterocycles. The SMILES string of the molecule is [C-]#[N+]C1=C(C)N(c2cccc(C(F)(F)F)c2)C(=O)C(C(N)=O)C1c1ccc([N+](=O)[O-])cc1. The second kappa shape index (κ2) is 8.14. The molecule has 11 heteroatoms. The molecule has 2 aromatic rings. The maximum atomic E-state index is 13.3. The molecule has 2 amide bonds. The van der Waals surface area contributed by atoms with Gasteiger partial charge in [0.1, 0.15) is 5.92 Å². The van der Waals surface area contributed by atoms with E-state index < -0.39 is 40.3 Å².